The molecule has 1 fully saturated rings. The summed E-state index contributed by atoms with van der Waals surface area (Å²) in [4.78, 5) is 12.4. The fourth-order valence-electron chi connectivity index (χ4n) is 1.59. The molecule has 1 unspecified atom stereocenters. The SMILES string of the molecule is O=C(C1CCSC1)N(CCO)CC(F)(F)F. The van der Waals surface area contributed by atoms with Crippen LogP contribution in [0.1, 0.15) is 6.42 Å². The molecule has 0 aromatic carbocycles. The second-order valence-electron chi connectivity index (χ2n) is 3.66. The highest BCUT2D eigenvalue weighted by atomic mass is 32.2. The second kappa shape index (κ2) is 5.77. The molecule has 1 aliphatic heterocycles. The predicted octanol–water partition coefficient (Wildman–Crippen LogP) is 1.12. The number of alkyl halides is 3. The van der Waals surface area contributed by atoms with Crippen molar-refractivity contribution in [3.8, 4) is 0 Å². The first kappa shape index (κ1) is 13.6. The quantitative estimate of drug-likeness (QED) is 0.820. The van der Waals surface area contributed by atoms with Gasteiger partial charge in [-0.3, -0.25) is 4.79 Å². The van der Waals surface area contributed by atoms with E-state index in [1.54, 1.807) is 11.8 Å². The Morgan fingerprint density at radius 1 is 1.50 bits per heavy atom. The number of aliphatic hydroxyl groups is 1. The van der Waals surface area contributed by atoms with Crippen molar-refractivity contribution in [2.45, 2.75) is 12.6 Å². The van der Waals surface area contributed by atoms with Crippen LogP contribution in [0, 0.1) is 5.92 Å². The lowest BCUT2D eigenvalue weighted by molar-refractivity contribution is -0.164. The summed E-state index contributed by atoms with van der Waals surface area (Å²) in [6.45, 7) is -1.96. The Morgan fingerprint density at radius 3 is 2.62 bits per heavy atom. The molecule has 1 N–H and O–H groups in total. The standard InChI is InChI=1S/C9H14F3NO2S/c10-9(11,12)6-13(2-3-14)8(15)7-1-4-16-5-7/h7,14H,1-6H2. The van der Waals surface area contributed by atoms with Gasteiger partial charge in [-0.25, -0.2) is 0 Å². The Hall–Kier alpha value is -0.430. The number of nitrogens with zero attached hydrogens (tertiary/aromatic N) is 1. The zero-order valence-electron chi connectivity index (χ0n) is 8.66. The van der Waals surface area contributed by atoms with Gasteiger partial charge < -0.3 is 10.0 Å². The van der Waals surface area contributed by atoms with E-state index >= 15 is 0 Å². The molecule has 16 heavy (non-hydrogen) atoms. The first-order valence-corrected chi connectivity index (χ1v) is 6.13. The molecule has 1 heterocycles. The third-order valence-corrected chi connectivity index (χ3v) is 3.49. The van der Waals surface area contributed by atoms with Gasteiger partial charge in [0.1, 0.15) is 6.54 Å². The van der Waals surface area contributed by atoms with Crippen molar-refractivity contribution in [3.63, 3.8) is 0 Å². The molecule has 0 saturated carbocycles. The molecule has 0 aliphatic carbocycles. The summed E-state index contributed by atoms with van der Waals surface area (Å²) in [5.41, 5.74) is 0. The van der Waals surface area contributed by atoms with E-state index < -0.39 is 25.2 Å². The molecule has 0 radical (unpaired) electrons. The Labute approximate surface area is 96.0 Å². The lowest BCUT2D eigenvalue weighted by Crippen LogP contribution is -2.43. The van der Waals surface area contributed by atoms with E-state index in [1.165, 1.54) is 0 Å². The van der Waals surface area contributed by atoms with Crippen LogP contribution >= 0.6 is 11.8 Å². The van der Waals surface area contributed by atoms with E-state index in [2.05, 4.69) is 0 Å². The number of carbonyl (C=O) groups excluding carboxylic acids is 1. The number of hydrogen-bond acceptors (Lipinski definition) is 3. The highest BCUT2D eigenvalue weighted by Crippen LogP contribution is 2.26. The maximum Gasteiger partial charge on any atom is 0.406 e. The van der Waals surface area contributed by atoms with Crippen LogP contribution < -0.4 is 0 Å². The molecular weight excluding hydrogens is 243 g/mol. The van der Waals surface area contributed by atoms with Crippen LogP contribution in [-0.4, -0.2) is 53.3 Å². The van der Waals surface area contributed by atoms with Crippen LogP contribution in [0.4, 0.5) is 13.2 Å². The highest BCUT2D eigenvalue weighted by Gasteiger charge is 2.35. The first-order chi connectivity index (χ1) is 7.44. The molecule has 1 amide bonds. The Kier molecular flexibility index (Phi) is 4.91. The summed E-state index contributed by atoms with van der Waals surface area (Å²) in [7, 11) is 0. The van der Waals surface area contributed by atoms with Gasteiger partial charge in [0.25, 0.3) is 0 Å². The average molecular weight is 257 g/mol. The minimum Gasteiger partial charge on any atom is -0.395 e. The summed E-state index contributed by atoms with van der Waals surface area (Å²) in [5, 5.41) is 8.66. The molecule has 0 bridgehead atoms. The van der Waals surface area contributed by atoms with Crippen LogP contribution in [0.3, 0.4) is 0 Å². The lowest BCUT2D eigenvalue weighted by Gasteiger charge is -2.25. The summed E-state index contributed by atoms with van der Waals surface area (Å²) < 4.78 is 36.6. The molecule has 1 aliphatic rings. The van der Waals surface area contributed by atoms with Gasteiger partial charge in [-0.2, -0.15) is 24.9 Å². The molecule has 1 rings (SSSR count). The zero-order valence-corrected chi connectivity index (χ0v) is 9.48. The molecular formula is C9H14F3NO2S. The normalized spacial score (nSPS) is 21.1. The van der Waals surface area contributed by atoms with Crippen molar-refractivity contribution >= 4 is 17.7 Å². The first-order valence-electron chi connectivity index (χ1n) is 4.98. The fourth-order valence-corrected chi connectivity index (χ4v) is 2.80. The lowest BCUT2D eigenvalue weighted by atomic mass is 10.1. The average Bonchev–Trinajstić information content (AvgIpc) is 2.66. The number of thioether (sulfide) groups is 1. The van der Waals surface area contributed by atoms with Gasteiger partial charge in [0.15, 0.2) is 0 Å². The van der Waals surface area contributed by atoms with Gasteiger partial charge in [0.2, 0.25) is 5.91 Å². The van der Waals surface area contributed by atoms with Crippen molar-refractivity contribution in [2.24, 2.45) is 5.92 Å². The van der Waals surface area contributed by atoms with Crippen molar-refractivity contribution in [3.05, 3.63) is 0 Å². The van der Waals surface area contributed by atoms with E-state index in [-0.39, 0.29) is 12.5 Å². The molecule has 94 valence electrons. The van der Waals surface area contributed by atoms with Crippen LogP contribution in [0.15, 0.2) is 0 Å². The Balaban J connectivity index is 2.57. The summed E-state index contributed by atoms with van der Waals surface area (Å²) in [6, 6.07) is 0. The molecule has 3 nitrogen and oxygen atoms in total. The highest BCUT2D eigenvalue weighted by molar-refractivity contribution is 7.99. The molecule has 1 saturated heterocycles. The van der Waals surface area contributed by atoms with Crippen LogP contribution in [0.2, 0.25) is 0 Å². The largest absolute Gasteiger partial charge is 0.406 e. The third-order valence-electron chi connectivity index (χ3n) is 2.33. The molecule has 0 aromatic rings. The fraction of sp³-hybridized carbons (Fsp3) is 0.889. The number of halogens is 3. The molecule has 1 atom stereocenters. The molecule has 7 heteroatoms. The van der Waals surface area contributed by atoms with Gasteiger partial charge >= 0.3 is 6.18 Å². The molecule has 0 aromatic heterocycles. The predicted molar refractivity (Wildman–Crippen MR) is 55.2 cm³/mol. The van der Waals surface area contributed by atoms with E-state index in [0.717, 1.165) is 5.75 Å². The maximum atomic E-state index is 12.2. The van der Waals surface area contributed by atoms with Crippen molar-refractivity contribution < 1.29 is 23.1 Å². The van der Waals surface area contributed by atoms with Gasteiger partial charge in [-0.1, -0.05) is 0 Å². The van der Waals surface area contributed by atoms with Crippen LogP contribution in [-0.2, 0) is 4.79 Å². The van der Waals surface area contributed by atoms with E-state index in [4.69, 9.17) is 5.11 Å². The number of rotatable bonds is 4. The maximum absolute atomic E-state index is 12.2. The van der Waals surface area contributed by atoms with E-state index in [0.29, 0.717) is 17.1 Å². The smallest absolute Gasteiger partial charge is 0.395 e. The topological polar surface area (TPSA) is 40.5 Å². The van der Waals surface area contributed by atoms with Crippen molar-refractivity contribution in [1.29, 1.82) is 0 Å². The monoisotopic (exact) mass is 257 g/mol. The van der Waals surface area contributed by atoms with E-state index in [9.17, 15) is 18.0 Å². The van der Waals surface area contributed by atoms with Crippen molar-refractivity contribution in [1.82, 2.24) is 4.90 Å². The van der Waals surface area contributed by atoms with Gasteiger partial charge in [0.05, 0.1) is 6.61 Å². The zero-order chi connectivity index (χ0) is 12.2. The van der Waals surface area contributed by atoms with E-state index in [1.807, 2.05) is 0 Å². The minimum absolute atomic E-state index is 0.250. The molecule has 0 spiro atoms. The van der Waals surface area contributed by atoms with Crippen molar-refractivity contribution in [2.75, 3.05) is 31.2 Å². The number of hydrogen-bond donors (Lipinski definition) is 1. The Bertz CT molecular complexity index is 241. The third kappa shape index (κ3) is 4.21. The van der Waals surface area contributed by atoms with Crippen LogP contribution in [0.5, 0.6) is 0 Å². The number of aliphatic hydroxyl groups excluding tert-OH is 1. The minimum atomic E-state index is -4.41. The second-order valence-corrected chi connectivity index (χ2v) is 4.81. The van der Waals surface area contributed by atoms with Gasteiger partial charge in [-0.15, -0.1) is 0 Å². The summed E-state index contributed by atoms with van der Waals surface area (Å²) in [5.74, 6) is 0.587. The van der Waals surface area contributed by atoms with Gasteiger partial charge in [0, 0.05) is 18.2 Å². The van der Waals surface area contributed by atoms with Gasteiger partial charge in [-0.05, 0) is 12.2 Å². The number of amides is 1. The summed E-state index contributed by atoms with van der Waals surface area (Å²) >= 11 is 1.57. The van der Waals surface area contributed by atoms with Crippen LogP contribution in [0.25, 0.3) is 0 Å². The Morgan fingerprint density at radius 2 is 2.19 bits per heavy atom. The summed E-state index contributed by atoms with van der Waals surface area (Å²) in [6.07, 6.45) is -3.78. The number of carbonyl (C=O) groups is 1.